The number of amides is 2. The van der Waals surface area contributed by atoms with Crippen molar-refractivity contribution < 1.29 is 14.0 Å². The van der Waals surface area contributed by atoms with E-state index in [1.807, 2.05) is 41.0 Å². The smallest absolute Gasteiger partial charge is 0.287 e. The summed E-state index contributed by atoms with van der Waals surface area (Å²) in [5.41, 5.74) is 1.87. The summed E-state index contributed by atoms with van der Waals surface area (Å²) in [6.07, 6.45) is 2.22. The largest absolute Gasteiger partial charge is 0.459 e. The van der Waals surface area contributed by atoms with E-state index in [1.54, 1.807) is 13.1 Å². The zero-order valence-corrected chi connectivity index (χ0v) is 21.4. The molecular formula is C22H29ClIN5O3. The summed E-state index contributed by atoms with van der Waals surface area (Å²) in [6.45, 7) is 5.15. The number of piperazine rings is 1. The van der Waals surface area contributed by atoms with Crippen LogP contribution in [0.1, 0.15) is 28.1 Å². The number of nitrogens with zero attached hydrogens (tertiary/aromatic N) is 3. The Kier molecular flexibility index (Phi) is 10.3. The molecule has 1 saturated heterocycles. The second-order valence-electron chi connectivity index (χ2n) is 7.38. The first-order valence-corrected chi connectivity index (χ1v) is 10.7. The fraction of sp³-hybridized carbons (Fsp3) is 0.409. The minimum Gasteiger partial charge on any atom is -0.459 e. The molecule has 1 aliphatic rings. The number of aryl methyl sites for hydroxylation is 1. The van der Waals surface area contributed by atoms with E-state index in [2.05, 4.69) is 15.6 Å². The highest BCUT2D eigenvalue weighted by molar-refractivity contribution is 14.0. The molecule has 2 aromatic rings. The van der Waals surface area contributed by atoms with Crippen LogP contribution in [0, 0.1) is 6.92 Å². The van der Waals surface area contributed by atoms with Gasteiger partial charge < -0.3 is 24.9 Å². The highest BCUT2D eigenvalue weighted by Crippen LogP contribution is 2.13. The van der Waals surface area contributed by atoms with Crippen LogP contribution in [0.4, 0.5) is 0 Å². The molecule has 0 bridgehead atoms. The summed E-state index contributed by atoms with van der Waals surface area (Å²) in [5.74, 6) is 0.881. The Morgan fingerprint density at radius 2 is 1.88 bits per heavy atom. The van der Waals surface area contributed by atoms with E-state index in [1.165, 1.54) is 6.26 Å². The van der Waals surface area contributed by atoms with Gasteiger partial charge in [0.1, 0.15) is 0 Å². The summed E-state index contributed by atoms with van der Waals surface area (Å²) in [7, 11) is 1.70. The number of aliphatic imine (C=N–C) groups is 1. The van der Waals surface area contributed by atoms with Gasteiger partial charge in [-0.15, -0.1) is 24.0 Å². The number of hydrogen-bond acceptors (Lipinski definition) is 4. The van der Waals surface area contributed by atoms with Crippen LogP contribution in [0.3, 0.4) is 0 Å². The maximum Gasteiger partial charge on any atom is 0.287 e. The number of nitrogens with one attached hydrogen (secondary N) is 2. The molecule has 1 fully saturated rings. The van der Waals surface area contributed by atoms with Gasteiger partial charge in [-0.2, -0.15) is 0 Å². The maximum atomic E-state index is 12.6. The topological polar surface area (TPSA) is 90.2 Å². The van der Waals surface area contributed by atoms with E-state index >= 15 is 0 Å². The predicted molar refractivity (Wildman–Crippen MR) is 136 cm³/mol. The van der Waals surface area contributed by atoms with E-state index in [-0.39, 0.29) is 42.3 Å². The number of carbonyl (C=O) groups is 2. The number of guanidine groups is 1. The first-order valence-electron chi connectivity index (χ1n) is 10.3. The lowest BCUT2D eigenvalue weighted by Crippen LogP contribution is -2.55. The van der Waals surface area contributed by atoms with Gasteiger partial charge in [0, 0.05) is 50.4 Å². The molecule has 2 amide bonds. The quantitative estimate of drug-likeness (QED) is 0.230. The Bertz CT molecular complexity index is 932. The molecular weight excluding hydrogens is 545 g/mol. The third-order valence-electron chi connectivity index (χ3n) is 5.11. The van der Waals surface area contributed by atoms with Crippen LogP contribution >= 0.6 is 35.6 Å². The van der Waals surface area contributed by atoms with Crippen LogP contribution in [0.25, 0.3) is 0 Å². The lowest BCUT2D eigenvalue weighted by Gasteiger charge is -2.36. The number of benzene rings is 1. The summed E-state index contributed by atoms with van der Waals surface area (Å²) < 4.78 is 5.18. The molecule has 2 heterocycles. The molecule has 8 nitrogen and oxygen atoms in total. The monoisotopic (exact) mass is 573 g/mol. The van der Waals surface area contributed by atoms with Gasteiger partial charge in [-0.1, -0.05) is 23.7 Å². The number of carbonyl (C=O) groups excluding carboxylic acids is 2. The highest BCUT2D eigenvalue weighted by atomic mass is 127. The van der Waals surface area contributed by atoms with Crippen molar-refractivity contribution in [2.24, 2.45) is 4.99 Å². The van der Waals surface area contributed by atoms with Crippen molar-refractivity contribution in [2.45, 2.75) is 19.9 Å². The van der Waals surface area contributed by atoms with Gasteiger partial charge >= 0.3 is 0 Å². The highest BCUT2D eigenvalue weighted by Gasteiger charge is 2.25. The van der Waals surface area contributed by atoms with E-state index in [0.717, 1.165) is 17.5 Å². The molecule has 0 atom stereocenters. The molecule has 0 radical (unpaired) electrons. The van der Waals surface area contributed by atoms with Gasteiger partial charge in [0.05, 0.1) is 12.8 Å². The summed E-state index contributed by atoms with van der Waals surface area (Å²) >= 11 is 5.93. The number of rotatable bonds is 7. The molecule has 1 aliphatic heterocycles. The van der Waals surface area contributed by atoms with Gasteiger partial charge in [0.15, 0.2) is 11.7 Å². The first kappa shape index (κ1) is 26.0. The molecule has 2 N–H and O–H groups in total. The maximum absolute atomic E-state index is 12.6. The van der Waals surface area contributed by atoms with E-state index in [4.69, 9.17) is 16.0 Å². The van der Waals surface area contributed by atoms with Gasteiger partial charge in [0.2, 0.25) is 5.91 Å². The number of hydrogen-bond donors (Lipinski definition) is 2. The molecule has 0 unspecified atom stereocenters. The molecule has 32 heavy (non-hydrogen) atoms. The van der Waals surface area contributed by atoms with Crippen molar-refractivity contribution in [1.82, 2.24) is 20.4 Å². The van der Waals surface area contributed by atoms with Gasteiger partial charge in [-0.05, 0) is 37.1 Å². The Hall–Kier alpha value is -2.27. The number of furan rings is 1. The van der Waals surface area contributed by atoms with Crippen LogP contribution in [0.15, 0.2) is 46.0 Å². The molecule has 10 heteroatoms. The third-order valence-corrected chi connectivity index (χ3v) is 5.36. The Morgan fingerprint density at radius 3 is 2.50 bits per heavy atom. The minimum absolute atomic E-state index is 0. The van der Waals surface area contributed by atoms with Crippen LogP contribution < -0.4 is 10.6 Å². The van der Waals surface area contributed by atoms with Crippen molar-refractivity contribution in [3.8, 4) is 0 Å². The van der Waals surface area contributed by atoms with E-state index in [0.29, 0.717) is 49.5 Å². The fourth-order valence-corrected chi connectivity index (χ4v) is 3.50. The Morgan fingerprint density at radius 1 is 1.16 bits per heavy atom. The van der Waals surface area contributed by atoms with Gasteiger partial charge in [-0.25, -0.2) is 0 Å². The molecule has 1 aromatic carbocycles. The normalized spacial score (nSPS) is 14.2. The minimum atomic E-state index is -0.214. The third kappa shape index (κ3) is 7.13. The van der Waals surface area contributed by atoms with Gasteiger partial charge in [0.25, 0.3) is 5.91 Å². The van der Waals surface area contributed by atoms with Crippen molar-refractivity contribution in [3.05, 3.63) is 58.5 Å². The molecule has 0 saturated carbocycles. The zero-order valence-electron chi connectivity index (χ0n) is 18.3. The summed E-state index contributed by atoms with van der Waals surface area (Å²) in [4.78, 5) is 32.7. The predicted octanol–water partition coefficient (Wildman–Crippen LogP) is 2.90. The molecule has 3 rings (SSSR count). The molecule has 0 spiro atoms. The molecule has 1 aromatic heterocycles. The second-order valence-corrected chi connectivity index (χ2v) is 7.82. The summed E-state index contributed by atoms with van der Waals surface area (Å²) in [6, 6.07) is 9.31. The van der Waals surface area contributed by atoms with E-state index < -0.39 is 0 Å². The lowest BCUT2D eigenvalue weighted by atomic mass is 10.2. The first-order chi connectivity index (χ1) is 15.0. The fourth-order valence-electron chi connectivity index (χ4n) is 3.38. The average molecular weight is 574 g/mol. The molecule has 174 valence electrons. The zero-order chi connectivity index (χ0) is 22.2. The van der Waals surface area contributed by atoms with Crippen LogP contribution in [0.5, 0.6) is 0 Å². The van der Waals surface area contributed by atoms with Crippen LogP contribution in [-0.4, -0.2) is 67.3 Å². The van der Waals surface area contributed by atoms with E-state index in [9.17, 15) is 9.59 Å². The van der Waals surface area contributed by atoms with Crippen molar-refractivity contribution in [2.75, 3.05) is 39.8 Å². The lowest BCUT2D eigenvalue weighted by molar-refractivity contribution is -0.135. The summed E-state index contributed by atoms with van der Waals surface area (Å²) in [5, 5.41) is 6.79. The number of halogens is 2. The average Bonchev–Trinajstić information content (AvgIpc) is 3.19. The van der Waals surface area contributed by atoms with Crippen molar-refractivity contribution in [3.63, 3.8) is 0 Å². The second kappa shape index (κ2) is 12.7. The SMILES string of the molecule is CN=C(NCCCNC(=O)c1occc1C)N1CCN(Cc2ccc(Cl)cc2)C(=O)C1.I. The standard InChI is InChI=1S/C22H28ClN5O3.HI/c1-16-8-13-31-20(16)21(30)25-9-3-10-26-22(24-2)28-12-11-27(19(29)15-28)14-17-4-6-18(23)7-5-17;/h4-8,13H,3,9-12,14-15H2,1-2H3,(H,24,26)(H,25,30);1H. The molecule has 0 aliphatic carbocycles. The van der Waals surface area contributed by atoms with Crippen LogP contribution in [0.2, 0.25) is 5.02 Å². The van der Waals surface area contributed by atoms with Crippen molar-refractivity contribution >= 4 is 53.4 Å². The van der Waals surface area contributed by atoms with Crippen LogP contribution in [-0.2, 0) is 11.3 Å². The van der Waals surface area contributed by atoms with Gasteiger partial charge in [-0.3, -0.25) is 14.6 Å². The van der Waals surface area contributed by atoms with Crippen molar-refractivity contribution in [1.29, 1.82) is 0 Å². The Labute approximate surface area is 210 Å². The Balaban J connectivity index is 0.00000363.